The summed E-state index contributed by atoms with van der Waals surface area (Å²) in [5.41, 5.74) is 0. The highest BCUT2D eigenvalue weighted by Gasteiger charge is 2.44. The number of rotatable bonds is 0. The van der Waals surface area contributed by atoms with Crippen molar-refractivity contribution in [1.29, 1.82) is 0 Å². The minimum atomic E-state index is -3.55. The van der Waals surface area contributed by atoms with Gasteiger partial charge in [0.25, 0.3) is 10.1 Å². The summed E-state index contributed by atoms with van der Waals surface area (Å²) in [6, 6.07) is 0. The Bertz CT molecular complexity index is 277. The van der Waals surface area contributed by atoms with Crippen LogP contribution in [0.2, 0.25) is 0 Å². The van der Waals surface area contributed by atoms with Gasteiger partial charge in [0.2, 0.25) is 0 Å². The smallest absolute Gasteiger partial charge is 0.273 e. The fourth-order valence-electron chi connectivity index (χ4n) is 0.681. The Morgan fingerprint density at radius 1 is 1.64 bits per heavy atom. The summed E-state index contributed by atoms with van der Waals surface area (Å²) >= 11 is 0. The second-order valence-electron chi connectivity index (χ2n) is 2.30. The third kappa shape index (κ3) is 1.88. The molecule has 1 aliphatic rings. The molecule has 0 aromatic rings. The Balaban J connectivity index is 2.71. The van der Waals surface area contributed by atoms with Gasteiger partial charge in [0.1, 0.15) is 0 Å². The van der Waals surface area contributed by atoms with Crippen LogP contribution in [0.15, 0.2) is 0 Å². The molecule has 1 rings (SSSR count). The Morgan fingerprint density at radius 2 is 2.27 bits per heavy atom. The van der Waals surface area contributed by atoms with Crippen molar-refractivity contribution in [3.8, 4) is 0 Å². The van der Waals surface area contributed by atoms with Crippen molar-refractivity contribution in [3.63, 3.8) is 0 Å². The van der Waals surface area contributed by atoms with Gasteiger partial charge in [-0.25, -0.2) is 6.57 Å². The van der Waals surface area contributed by atoms with Gasteiger partial charge in [-0.1, -0.05) is 0 Å². The van der Waals surface area contributed by atoms with Crippen molar-refractivity contribution >= 4 is 10.1 Å². The molecule has 1 unspecified atom stereocenters. The lowest BCUT2D eigenvalue weighted by Gasteiger charge is -2.17. The van der Waals surface area contributed by atoms with Crippen LogP contribution >= 0.6 is 0 Å². The van der Waals surface area contributed by atoms with Crippen molar-refractivity contribution in [2.24, 2.45) is 0 Å². The van der Waals surface area contributed by atoms with E-state index in [1.165, 1.54) is 0 Å². The van der Waals surface area contributed by atoms with Crippen LogP contribution in [0.1, 0.15) is 6.42 Å². The van der Waals surface area contributed by atoms with Crippen molar-refractivity contribution in [2.45, 2.75) is 12.2 Å². The van der Waals surface area contributed by atoms with Crippen LogP contribution in [-0.2, 0) is 14.3 Å². The highest BCUT2D eigenvalue weighted by atomic mass is 32.2. The molecule has 0 N–H and O–H groups in total. The molecule has 6 heteroatoms. The number of nitrogens with zero attached hydrogens (tertiary/aromatic N) is 1. The molecular formula is C5H6FNO3S. The van der Waals surface area contributed by atoms with Crippen LogP contribution in [0.3, 0.4) is 0 Å². The lowest BCUT2D eigenvalue weighted by molar-refractivity contribution is 0.111. The normalized spacial score (nSPS) is 36.0. The van der Waals surface area contributed by atoms with Gasteiger partial charge in [0.15, 0.2) is 6.61 Å². The van der Waals surface area contributed by atoms with Gasteiger partial charge in [-0.05, 0) is 0 Å². The van der Waals surface area contributed by atoms with Crippen molar-refractivity contribution in [2.75, 3.05) is 12.4 Å². The zero-order valence-electron chi connectivity index (χ0n) is 5.58. The Labute approximate surface area is 63.9 Å². The minimum absolute atomic E-state index is 0.293. The van der Waals surface area contributed by atoms with E-state index in [0.29, 0.717) is 0 Å². The van der Waals surface area contributed by atoms with Crippen LogP contribution in [-0.4, -0.2) is 26.6 Å². The maximum atomic E-state index is 12.9. The van der Waals surface area contributed by atoms with Crippen molar-refractivity contribution in [1.82, 2.24) is 0 Å². The van der Waals surface area contributed by atoms with E-state index in [4.69, 9.17) is 6.57 Å². The van der Waals surface area contributed by atoms with Gasteiger partial charge in [-0.2, -0.15) is 12.8 Å². The zero-order valence-corrected chi connectivity index (χ0v) is 6.40. The molecule has 0 amide bonds. The molecule has 1 heterocycles. The van der Waals surface area contributed by atoms with Crippen molar-refractivity contribution in [3.05, 3.63) is 11.4 Å². The van der Waals surface area contributed by atoms with Crippen LogP contribution in [0.4, 0.5) is 4.39 Å². The molecule has 1 fully saturated rings. The average Bonchev–Trinajstić information content (AvgIpc) is 1.97. The Kier molecular flexibility index (Phi) is 1.86. The Hall–Kier alpha value is -0.670. The number of hydrogen-bond donors (Lipinski definition) is 0. The second kappa shape index (κ2) is 2.43. The standard InChI is InChI=1S/C5H6FNO3S/c1-7-5(6)2-3-11(8,9)10-4-5/h2-4H2. The molecule has 4 nitrogen and oxygen atoms in total. The van der Waals surface area contributed by atoms with E-state index < -0.39 is 28.3 Å². The van der Waals surface area contributed by atoms with E-state index in [0.717, 1.165) is 0 Å². The van der Waals surface area contributed by atoms with E-state index in [2.05, 4.69) is 9.03 Å². The SMILES string of the molecule is [C-]#[N+]C1(F)CCS(=O)(=O)OC1. The maximum absolute atomic E-state index is 12.9. The van der Waals surface area contributed by atoms with Gasteiger partial charge in [-0.3, -0.25) is 9.03 Å². The fraction of sp³-hybridized carbons (Fsp3) is 0.800. The second-order valence-corrected chi connectivity index (χ2v) is 4.06. The highest BCUT2D eigenvalue weighted by molar-refractivity contribution is 7.86. The first-order valence-corrected chi connectivity index (χ1v) is 4.50. The molecule has 0 bridgehead atoms. The van der Waals surface area contributed by atoms with Crippen LogP contribution in [0.5, 0.6) is 0 Å². The third-order valence-electron chi connectivity index (χ3n) is 1.40. The molecular weight excluding hydrogens is 173 g/mol. The lowest BCUT2D eigenvalue weighted by Crippen LogP contribution is -2.35. The summed E-state index contributed by atoms with van der Waals surface area (Å²) in [6.07, 6.45) is -0.293. The first-order chi connectivity index (χ1) is 4.97. The summed E-state index contributed by atoms with van der Waals surface area (Å²) in [5.74, 6) is -2.54. The first kappa shape index (κ1) is 8.43. The predicted molar refractivity (Wildman–Crippen MR) is 34.8 cm³/mol. The van der Waals surface area contributed by atoms with Crippen LogP contribution in [0, 0.1) is 6.57 Å². The van der Waals surface area contributed by atoms with Gasteiger partial charge in [-0.15, -0.1) is 0 Å². The molecule has 0 spiro atoms. The van der Waals surface area contributed by atoms with Gasteiger partial charge in [0, 0.05) is 0 Å². The van der Waals surface area contributed by atoms with Crippen LogP contribution < -0.4 is 0 Å². The quantitative estimate of drug-likeness (QED) is 0.305. The summed E-state index contributed by atoms with van der Waals surface area (Å²) in [4.78, 5) is 2.64. The maximum Gasteiger partial charge on any atom is 0.395 e. The third-order valence-corrected chi connectivity index (χ3v) is 2.58. The fourth-order valence-corrected chi connectivity index (χ4v) is 1.72. The highest BCUT2D eigenvalue weighted by Crippen LogP contribution is 2.25. The zero-order chi connectivity index (χ0) is 8.54. The predicted octanol–water partition coefficient (Wildman–Crippen LogP) is 0.322. The summed E-state index contributed by atoms with van der Waals surface area (Å²) in [5, 5.41) is 0. The molecule has 1 aliphatic heterocycles. The largest absolute Gasteiger partial charge is 0.395 e. The minimum Gasteiger partial charge on any atom is -0.273 e. The molecule has 0 radical (unpaired) electrons. The average molecular weight is 179 g/mol. The topological polar surface area (TPSA) is 47.7 Å². The number of alkyl halides is 1. The van der Waals surface area contributed by atoms with E-state index in [-0.39, 0.29) is 6.42 Å². The van der Waals surface area contributed by atoms with E-state index in [1.54, 1.807) is 0 Å². The Morgan fingerprint density at radius 3 is 2.64 bits per heavy atom. The number of halogens is 1. The summed E-state index contributed by atoms with van der Waals surface area (Å²) in [7, 11) is -3.55. The van der Waals surface area contributed by atoms with Gasteiger partial charge < -0.3 is 0 Å². The molecule has 0 aliphatic carbocycles. The molecule has 1 saturated heterocycles. The first-order valence-electron chi connectivity index (χ1n) is 2.92. The van der Waals surface area contributed by atoms with E-state index >= 15 is 0 Å². The summed E-state index contributed by atoms with van der Waals surface area (Å²) in [6.45, 7) is 5.73. The van der Waals surface area contributed by atoms with Crippen molar-refractivity contribution < 1.29 is 17.0 Å². The molecule has 0 aromatic heterocycles. The molecule has 11 heavy (non-hydrogen) atoms. The lowest BCUT2D eigenvalue weighted by atomic mass is 10.2. The van der Waals surface area contributed by atoms with Gasteiger partial charge >= 0.3 is 5.79 Å². The molecule has 1 atom stereocenters. The van der Waals surface area contributed by atoms with E-state index in [9.17, 15) is 12.8 Å². The number of hydrogen-bond acceptors (Lipinski definition) is 3. The molecule has 0 aromatic carbocycles. The van der Waals surface area contributed by atoms with Crippen LogP contribution in [0.25, 0.3) is 4.85 Å². The molecule has 0 saturated carbocycles. The molecule has 62 valence electrons. The van der Waals surface area contributed by atoms with E-state index in [1.807, 2.05) is 0 Å². The van der Waals surface area contributed by atoms with Gasteiger partial charge in [0.05, 0.1) is 12.2 Å². The summed E-state index contributed by atoms with van der Waals surface area (Å²) < 4.78 is 38.2. The monoisotopic (exact) mass is 179 g/mol.